The summed E-state index contributed by atoms with van der Waals surface area (Å²) in [6.07, 6.45) is 1.04. The first-order valence-corrected chi connectivity index (χ1v) is 7.96. The van der Waals surface area contributed by atoms with E-state index in [1.165, 1.54) is 0 Å². The minimum absolute atomic E-state index is 0.211. The van der Waals surface area contributed by atoms with Gasteiger partial charge in [-0.3, -0.25) is 9.59 Å². The molecule has 2 heterocycles. The number of anilines is 1. The molecule has 2 fully saturated rings. The van der Waals surface area contributed by atoms with Crippen LogP contribution in [0.25, 0.3) is 0 Å². The first kappa shape index (κ1) is 16.4. The van der Waals surface area contributed by atoms with Gasteiger partial charge in [-0.1, -0.05) is 6.07 Å². The van der Waals surface area contributed by atoms with E-state index in [0.29, 0.717) is 50.4 Å². The maximum Gasteiger partial charge on any atom is 0.233 e. The summed E-state index contributed by atoms with van der Waals surface area (Å²) in [4.78, 5) is 25.9. The van der Waals surface area contributed by atoms with Gasteiger partial charge in [0, 0.05) is 31.6 Å². The Morgan fingerprint density at radius 2 is 1.96 bits per heavy atom. The molecular formula is C17H19N3O4. The van der Waals surface area contributed by atoms with Crippen molar-refractivity contribution >= 4 is 17.5 Å². The number of amides is 2. The summed E-state index contributed by atoms with van der Waals surface area (Å²) in [6.45, 7) is 2.24. The average Bonchev–Trinajstić information content (AvgIpc) is 3.03. The molecule has 7 heteroatoms. The Balaban J connectivity index is 1.49. The second kappa shape index (κ2) is 6.99. The minimum atomic E-state index is -0.531. The standard InChI is InChI=1S/C17H19N3O4/c18-12-13-2-1-3-14(10-13)19-15(21)11-16(22)20-6-4-17(5-7-20)23-8-9-24-17/h1-3,10H,4-9,11H2,(H,19,21). The fourth-order valence-corrected chi connectivity index (χ4v) is 3.00. The Morgan fingerprint density at radius 1 is 1.25 bits per heavy atom. The number of rotatable bonds is 3. The molecule has 1 aromatic rings. The van der Waals surface area contributed by atoms with Crippen molar-refractivity contribution in [2.24, 2.45) is 0 Å². The van der Waals surface area contributed by atoms with E-state index < -0.39 is 5.79 Å². The monoisotopic (exact) mass is 329 g/mol. The number of carbonyl (C=O) groups is 2. The van der Waals surface area contributed by atoms with Gasteiger partial charge in [-0.2, -0.15) is 5.26 Å². The number of ether oxygens (including phenoxy) is 2. The molecule has 2 aliphatic rings. The molecular weight excluding hydrogens is 310 g/mol. The molecule has 126 valence electrons. The van der Waals surface area contributed by atoms with Gasteiger partial charge in [0.25, 0.3) is 0 Å². The molecule has 0 unspecified atom stereocenters. The SMILES string of the molecule is N#Cc1cccc(NC(=O)CC(=O)N2CCC3(CC2)OCCO3)c1. The summed E-state index contributed by atoms with van der Waals surface area (Å²) in [5, 5.41) is 11.5. The summed E-state index contributed by atoms with van der Waals surface area (Å²) in [7, 11) is 0. The van der Waals surface area contributed by atoms with Crippen LogP contribution < -0.4 is 5.32 Å². The zero-order chi connectivity index (χ0) is 17.0. The van der Waals surface area contributed by atoms with Crippen molar-refractivity contribution in [1.82, 2.24) is 4.90 Å². The zero-order valence-corrected chi connectivity index (χ0v) is 13.3. The van der Waals surface area contributed by atoms with Gasteiger partial charge in [0.2, 0.25) is 11.8 Å². The van der Waals surface area contributed by atoms with Gasteiger partial charge in [-0.25, -0.2) is 0 Å². The molecule has 0 aliphatic carbocycles. The van der Waals surface area contributed by atoms with Crippen molar-refractivity contribution < 1.29 is 19.1 Å². The Kier molecular flexibility index (Phi) is 4.79. The fraction of sp³-hybridized carbons (Fsp3) is 0.471. The number of likely N-dealkylation sites (tertiary alicyclic amines) is 1. The second-order valence-electron chi connectivity index (χ2n) is 5.91. The summed E-state index contributed by atoms with van der Waals surface area (Å²) >= 11 is 0. The average molecular weight is 329 g/mol. The third-order valence-corrected chi connectivity index (χ3v) is 4.28. The number of hydrogen-bond acceptors (Lipinski definition) is 5. The summed E-state index contributed by atoms with van der Waals surface area (Å²) < 4.78 is 11.3. The highest BCUT2D eigenvalue weighted by Gasteiger charge is 2.40. The van der Waals surface area contributed by atoms with Crippen molar-refractivity contribution in [2.45, 2.75) is 25.0 Å². The van der Waals surface area contributed by atoms with Crippen molar-refractivity contribution in [3.8, 4) is 6.07 Å². The third kappa shape index (κ3) is 3.72. The Labute approximate surface area is 140 Å². The number of nitriles is 1. The first-order chi connectivity index (χ1) is 11.6. The number of carbonyl (C=O) groups excluding carboxylic acids is 2. The fourth-order valence-electron chi connectivity index (χ4n) is 3.00. The highest BCUT2D eigenvalue weighted by molar-refractivity contribution is 6.03. The van der Waals surface area contributed by atoms with E-state index in [-0.39, 0.29) is 18.2 Å². The molecule has 7 nitrogen and oxygen atoms in total. The second-order valence-corrected chi connectivity index (χ2v) is 5.91. The van der Waals surface area contributed by atoms with Gasteiger partial charge in [0.15, 0.2) is 5.79 Å². The van der Waals surface area contributed by atoms with E-state index in [9.17, 15) is 9.59 Å². The zero-order valence-electron chi connectivity index (χ0n) is 13.3. The molecule has 3 rings (SSSR count). The van der Waals surface area contributed by atoms with Crippen LogP contribution in [0.4, 0.5) is 5.69 Å². The lowest BCUT2D eigenvalue weighted by atomic mass is 10.0. The van der Waals surface area contributed by atoms with Crippen molar-refractivity contribution in [1.29, 1.82) is 5.26 Å². The van der Waals surface area contributed by atoms with Crippen LogP contribution in [-0.2, 0) is 19.1 Å². The molecule has 24 heavy (non-hydrogen) atoms. The Morgan fingerprint density at radius 3 is 2.62 bits per heavy atom. The van der Waals surface area contributed by atoms with E-state index in [0.717, 1.165) is 0 Å². The van der Waals surface area contributed by atoms with E-state index in [1.807, 2.05) is 6.07 Å². The molecule has 1 N–H and O–H groups in total. The first-order valence-electron chi connectivity index (χ1n) is 7.96. The molecule has 1 spiro atoms. The van der Waals surface area contributed by atoms with Crippen molar-refractivity contribution in [3.63, 3.8) is 0 Å². The van der Waals surface area contributed by atoms with Gasteiger partial charge in [0.1, 0.15) is 6.42 Å². The van der Waals surface area contributed by atoms with E-state index in [2.05, 4.69) is 5.32 Å². The summed E-state index contributed by atoms with van der Waals surface area (Å²) in [6, 6.07) is 8.59. The van der Waals surface area contributed by atoms with Crippen LogP contribution in [0, 0.1) is 11.3 Å². The van der Waals surface area contributed by atoms with Crippen LogP contribution in [0.5, 0.6) is 0 Å². The van der Waals surface area contributed by atoms with Gasteiger partial charge >= 0.3 is 0 Å². The normalized spacial score (nSPS) is 19.0. The Bertz CT molecular complexity index is 667. The smallest absolute Gasteiger partial charge is 0.233 e. The minimum Gasteiger partial charge on any atom is -0.347 e. The summed E-state index contributed by atoms with van der Waals surface area (Å²) in [5.41, 5.74) is 0.967. The van der Waals surface area contributed by atoms with Crippen LogP contribution in [-0.4, -0.2) is 48.8 Å². The predicted octanol–water partition coefficient (Wildman–Crippen LogP) is 1.25. The molecule has 2 amide bonds. The van der Waals surface area contributed by atoms with E-state index in [1.54, 1.807) is 29.2 Å². The van der Waals surface area contributed by atoms with Gasteiger partial charge in [0.05, 0.1) is 24.8 Å². The van der Waals surface area contributed by atoms with Gasteiger partial charge in [-0.05, 0) is 18.2 Å². The molecule has 0 atom stereocenters. The lowest BCUT2D eigenvalue weighted by Gasteiger charge is -2.37. The number of nitrogens with zero attached hydrogens (tertiary/aromatic N) is 2. The van der Waals surface area contributed by atoms with Crippen LogP contribution in [0.1, 0.15) is 24.8 Å². The number of piperidine rings is 1. The number of hydrogen-bond donors (Lipinski definition) is 1. The topological polar surface area (TPSA) is 91.7 Å². The lowest BCUT2D eigenvalue weighted by Crippen LogP contribution is -2.47. The van der Waals surface area contributed by atoms with Gasteiger partial charge < -0.3 is 19.7 Å². The van der Waals surface area contributed by atoms with Crippen LogP contribution in [0.2, 0.25) is 0 Å². The van der Waals surface area contributed by atoms with Crippen LogP contribution >= 0.6 is 0 Å². The van der Waals surface area contributed by atoms with Crippen molar-refractivity contribution in [2.75, 3.05) is 31.6 Å². The number of benzene rings is 1. The quantitative estimate of drug-likeness (QED) is 0.843. The molecule has 0 bridgehead atoms. The predicted molar refractivity (Wildman–Crippen MR) is 84.9 cm³/mol. The molecule has 0 radical (unpaired) electrons. The van der Waals surface area contributed by atoms with E-state index >= 15 is 0 Å². The molecule has 0 saturated carbocycles. The molecule has 0 aromatic heterocycles. The third-order valence-electron chi connectivity index (χ3n) is 4.28. The highest BCUT2D eigenvalue weighted by Crippen LogP contribution is 2.31. The van der Waals surface area contributed by atoms with Crippen LogP contribution in [0.15, 0.2) is 24.3 Å². The molecule has 2 aliphatic heterocycles. The maximum atomic E-state index is 12.3. The summed E-state index contributed by atoms with van der Waals surface area (Å²) in [5.74, 6) is -1.13. The van der Waals surface area contributed by atoms with Gasteiger partial charge in [-0.15, -0.1) is 0 Å². The largest absolute Gasteiger partial charge is 0.347 e. The molecule has 1 aromatic carbocycles. The highest BCUT2D eigenvalue weighted by atomic mass is 16.7. The lowest BCUT2D eigenvalue weighted by molar-refractivity contribution is -0.187. The van der Waals surface area contributed by atoms with Crippen LogP contribution in [0.3, 0.4) is 0 Å². The van der Waals surface area contributed by atoms with Crippen molar-refractivity contribution in [3.05, 3.63) is 29.8 Å². The number of nitrogens with one attached hydrogen (secondary N) is 1. The maximum absolute atomic E-state index is 12.3. The molecule has 2 saturated heterocycles. The Hall–Kier alpha value is -2.43. The van der Waals surface area contributed by atoms with E-state index in [4.69, 9.17) is 14.7 Å².